The SMILES string of the molecule is CC(C)(C)OC(=O)CN1C(=O)S/C(=C\c2ccc(N3CCOCC3)cc2)C1=O. The van der Waals surface area contributed by atoms with Gasteiger partial charge in [0.15, 0.2) is 0 Å². The highest BCUT2D eigenvalue weighted by atomic mass is 32.2. The van der Waals surface area contributed by atoms with Gasteiger partial charge in [0.25, 0.3) is 11.1 Å². The molecule has 0 unspecified atom stereocenters. The molecule has 0 bridgehead atoms. The third-order valence-corrected chi connectivity index (χ3v) is 5.06. The highest BCUT2D eigenvalue weighted by molar-refractivity contribution is 8.18. The summed E-state index contributed by atoms with van der Waals surface area (Å²) in [6.45, 7) is 7.96. The molecule has 2 saturated heterocycles. The molecule has 2 amide bonds. The van der Waals surface area contributed by atoms with Gasteiger partial charge in [-0.3, -0.25) is 19.3 Å². The lowest BCUT2D eigenvalue weighted by atomic mass is 10.1. The van der Waals surface area contributed by atoms with Crippen LogP contribution in [0, 0.1) is 0 Å². The minimum Gasteiger partial charge on any atom is -0.459 e. The summed E-state index contributed by atoms with van der Waals surface area (Å²) in [7, 11) is 0. The van der Waals surface area contributed by atoms with Crippen LogP contribution in [-0.4, -0.2) is 60.5 Å². The van der Waals surface area contributed by atoms with Crippen molar-refractivity contribution in [1.29, 1.82) is 0 Å². The average molecular weight is 404 g/mol. The van der Waals surface area contributed by atoms with Crippen LogP contribution in [0.1, 0.15) is 26.3 Å². The van der Waals surface area contributed by atoms with Crippen molar-refractivity contribution < 1.29 is 23.9 Å². The second kappa shape index (κ2) is 8.36. The van der Waals surface area contributed by atoms with E-state index in [2.05, 4.69) is 4.90 Å². The topological polar surface area (TPSA) is 76.2 Å². The predicted octanol–water partition coefficient (Wildman–Crippen LogP) is 2.90. The first-order valence-electron chi connectivity index (χ1n) is 9.13. The molecule has 2 aliphatic rings. The lowest BCUT2D eigenvalue weighted by Gasteiger charge is -2.28. The molecule has 0 aliphatic carbocycles. The van der Waals surface area contributed by atoms with Gasteiger partial charge in [-0.1, -0.05) is 12.1 Å². The molecule has 0 aromatic heterocycles. The quantitative estimate of drug-likeness (QED) is 0.564. The minimum absolute atomic E-state index is 0.299. The summed E-state index contributed by atoms with van der Waals surface area (Å²) in [5.74, 6) is -1.08. The van der Waals surface area contributed by atoms with Crippen molar-refractivity contribution in [2.24, 2.45) is 0 Å². The van der Waals surface area contributed by atoms with Crippen molar-refractivity contribution in [2.45, 2.75) is 26.4 Å². The first kappa shape index (κ1) is 20.4. The van der Waals surface area contributed by atoms with Crippen LogP contribution in [-0.2, 0) is 19.1 Å². The van der Waals surface area contributed by atoms with Gasteiger partial charge in [-0.15, -0.1) is 0 Å². The van der Waals surface area contributed by atoms with Gasteiger partial charge in [-0.25, -0.2) is 0 Å². The van der Waals surface area contributed by atoms with Crippen LogP contribution in [0.2, 0.25) is 0 Å². The average Bonchev–Trinajstić information content (AvgIpc) is 2.89. The molecule has 28 heavy (non-hydrogen) atoms. The second-order valence-electron chi connectivity index (χ2n) is 7.55. The molecule has 1 aromatic carbocycles. The Morgan fingerprint density at radius 3 is 2.43 bits per heavy atom. The Hall–Kier alpha value is -2.32. The Balaban J connectivity index is 1.66. The summed E-state index contributed by atoms with van der Waals surface area (Å²) in [6, 6.07) is 7.80. The number of anilines is 1. The van der Waals surface area contributed by atoms with Crippen LogP contribution in [0.3, 0.4) is 0 Å². The maximum Gasteiger partial charge on any atom is 0.326 e. The molecule has 0 radical (unpaired) electrons. The van der Waals surface area contributed by atoms with Crippen molar-refractivity contribution in [3.8, 4) is 0 Å². The number of ether oxygens (including phenoxy) is 2. The number of nitrogens with zero attached hydrogens (tertiary/aromatic N) is 2. The predicted molar refractivity (Wildman–Crippen MR) is 108 cm³/mol. The van der Waals surface area contributed by atoms with Gasteiger partial charge in [0.2, 0.25) is 0 Å². The number of amides is 2. The van der Waals surface area contributed by atoms with Gasteiger partial charge in [0.05, 0.1) is 18.1 Å². The van der Waals surface area contributed by atoms with E-state index < -0.39 is 22.7 Å². The molecule has 0 N–H and O–H groups in total. The van der Waals surface area contributed by atoms with Crippen LogP contribution >= 0.6 is 11.8 Å². The maximum absolute atomic E-state index is 12.5. The fourth-order valence-electron chi connectivity index (χ4n) is 2.89. The molecule has 0 atom stereocenters. The van der Waals surface area contributed by atoms with E-state index in [1.54, 1.807) is 26.8 Å². The summed E-state index contributed by atoms with van der Waals surface area (Å²) in [5.41, 5.74) is 1.25. The summed E-state index contributed by atoms with van der Waals surface area (Å²) in [4.78, 5) is 40.1. The highest BCUT2D eigenvalue weighted by Gasteiger charge is 2.37. The Bertz CT molecular complexity index is 792. The van der Waals surface area contributed by atoms with E-state index >= 15 is 0 Å². The zero-order chi connectivity index (χ0) is 20.3. The van der Waals surface area contributed by atoms with Gasteiger partial charge < -0.3 is 14.4 Å². The molecule has 150 valence electrons. The number of esters is 1. The van der Waals surface area contributed by atoms with Crippen molar-refractivity contribution in [2.75, 3.05) is 37.7 Å². The molecule has 2 aliphatic heterocycles. The van der Waals surface area contributed by atoms with E-state index in [4.69, 9.17) is 9.47 Å². The van der Waals surface area contributed by atoms with Crippen molar-refractivity contribution in [3.63, 3.8) is 0 Å². The molecule has 8 heteroatoms. The minimum atomic E-state index is -0.670. The zero-order valence-corrected chi connectivity index (χ0v) is 17.1. The van der Waals surface area contributed by atoms with Crippen molar-refractivity contribution in [1.82, 2.24) is 4.90 Å². The number of carbonyl (C=O) groups excluding carboxylic acids is 3. The Kier molecular flexibility index (Phi) is 6.10. The fourth-order valence-corrected chi connectivity index (χ4v) is 3.73. The lowest BCUT2D eigenvalue weighted by molar-refractivity contribution is -0.156. The molecule has 3 rings (SSSR count). The maximum atomic E-state index is 12.5. The molecule has 2 heterocycles. The van der Waals surface area contributed by atoms with Gasteiger partial charge >= 0.3 is 5.97 Å². The third kappa shape index (κ3) is 5.14. The number of hydrogen-bond acceptors (Lipinski definition) is 7. The monoisotopic (exact) mass is 404 g/mol. The molecule has 2 fully saturated rings. The van der Waals surface area contributed by atoms with E-state index in [0.717, 1.165) is 41.0 Å². The smallest absolute Gasteiger partial charge is 0.326 e. The van der Waals surface area contributed by atoms with Gasteiger partial charge in [-0.2, -0.15) is 0 Å². The number of imide groups is 1. The van der Waals surface area contributed by atoms with E-state index in [0.29, 0.717) is 18.1 Å². The van der Waals surface area contributed by atoms with Crippen LogP contribution in [0.25, 0.3) is 6.08 Å². The van der Waals surface area contributed by atoms with Crippen molar-refractivity contribution in [3.05, 3.63) is 34.7 Å². The first-order chi connectivity index (χ1) is 13.2. The van der Waals surface area contributed by atoms with Crippen LogP contribution < -0.4 is 4.90 Å². The lowest BCUT2D eigenvalue weighted by Crippen LogP contribution is -2.37. The van der Waals surface area contributed by atoms with Crippen LogP contribution in [0.15, 0.2) is 29.2 Å². The van der Waals surface area contributed by atoms with E-state index in [1.165, 1.54) is 0 Å². The highest BCUT2D eigenvalue weighted by Crippen LogP contribution is 2.32. The molecular weight excluding hydrogens is 380 g/mol. The normalized spacial score (nSPS) is 19.5. The summed E-state index contributed by atoms with van der Waals surface area (Å²) >= 11 is 0.833. The Morgan fingerprint density at radius 2 is 1.82 bits per heavy atom. The Labute approximate surface area is 168 Å². The standard InChI is InChI=1S/C20H24N2O5S/c1-20(2,3)27-17(23)13-22-18(24)16(28-19(22)25)12-14-4-6-15(7-5-14)21-8-10-26-11-9-21/h4-7,12H,8-11,13H2,1-3H3/b16-12-. The molecule has 7 nitrogen and oxygen atoms in total. The van der Waals surface area contributed by atoms with Crippen LogP contribution in [0.4, 0.5) is 10.5 Å². The third-order valence-electron chi connectivity index (χ3n) is 4.15. The Morgan fingerprint density at radius 1 is 1.18 bits per heavy atom. The van der Waals surface area contributed by atoms with Gasteiger partial charge in [0.1, 0.15) is 12.1 Å². The molecule has 0 saturated carbocycles. The number of rotatable bonds is 4. The summed E-state index contributed by atoms with van der Waals surface area (Å²) < 4.78 is 10.6. The first-order valence-corrected chi connectivity index (χ1v) is 9.94. The summed E-state index contributed by atoms with van der Waals surface area (Å²) in [6.07, 6.45) is 1.67. The van der Waals surface area contributed by atoms with Crippen molar-refractivity contribution >= 4 is 40.6 Å². The van der Waals surface area contributed by atoms with E-state index in [-0.39, 0.29) is 6.54 Å². The van der Waals surface area contributed by atoms with Crippen LogP contribution in [0.5, 0.6) is 0 Å². The molecule has 1 aromatic rings. The number of carbonyl (C=O) groups is 3. The van der Waals surface area contributed by atoms with Gasteiger partial charge in [-0.05, 0) is 56.3 Å². The number of hydrogen-bond donors (Lipinski definition) is 0. The zero-order valence-electron chi connectivity index (χ0n) is 16.3. The van der Waals surface area contributed by atoms with Gasteiger partial charge in [0, 0.05) is 18.8 Å². The fraction of sp³-hybridized carbons (Fsp3) is 0.450. The number of morpholine rings is 1. The number of thioether (sulfide) groups is 1. The number of benzene rings is 1. The summed E-state index contributed by atoms with van der Waals surface area (Å²) in [5, 5.41) is -0.466. The molecule has 0 spiro atoms. The largest absolute Gasteiger partial charge is 0.459 e. The molecular formula is C20H24N2O5S. The second-order valence-corrected chi connectivity index (χ2v) is 8.54. The van der Waals surface area contributed by atoms with E-state index in [1.807, 2.05) is 24.3 Å². The van der Waals surface area contributed by atoms with E-state index in [9.17, 15) is 14.4 Å².